The molecule has 2 nitrogen and oxygen atoms in total. The maximum Gasteiger partial charge on any atom is 0.405 e. The van der Waals surface area contributed by atoms with Crippen LogP contribution in [0.15, 0.2) is 0 Å². The van der Waals surface area contributed by atoms with Gasteiger partial charge < -0.3 is 4.90 Å². The van der Waals surface area contributed by atoms with Crippen molar-refractivity contribution in [2.45, 2.75) is 18.6 Å². The van der Waals surface area contributed by atoms with Crippen molar-refractivity contribution in [3.05, 3.63) is 0 Å². The first-order valence-corrected chi connectivity index (χ1v) is 5.85. The Labute approximate surface area is 91.4 Å². The lowest BCUT2D eigenvalue weighted by Crippen LogP contribution is -2.39. The summed E-state index contributed by atoms with van der Waals surface area (Å²) in [5, 5.41) is 8.45. The maximum atomic E-state index is 12.3. The van der Waals surface area contributed by atoms with E-state index < -0.39 is 12.1 Å². The number of nitrogens with zero attached hydrogens (tertiary/aromatic N) is 2. The fourth-order valence-corrected chi connectivity index (χ4v) is 2.82. The predicted molar refractivity (Wildman–Crippen MR) is 53.5 cm³/mol. The lowest BCUT2D eigenvalue weighted by atomic mass is 10.1. The van der Waals surface area contributed by atoms with Gasteiger partial charge in [-0.15, -0.1) is 0 Å². The van der Waals surface area contributed by atoms with E-state index in [0.717, 1.165) is 17.9 Å². The van der Waals surface area contributed by atoms with Gasteiger partial charge in [-0.05, 0) is 19.2 Å². The predicted octanol–water partition coefficient (Wildman–Crippen LogP) is 2.13. The van der Waals surface area contributed by atoms with Gasteiger partial charge in [0.25, 0.3) is 0 Å². The molecule has 86 valence electrons. The third kappa shape index (κ3) is 3.58. The summed E-state index contributed by atoms with van der Waals surface area (Å²) < 4.78 is 36.9. The summed E-state index contributed by atoms with van der Waals surface area (Å²) in [5.41, 5.74) is 0. The van der Waals surface area contributed by atoms with Crippen molar-refractivity contribution in [2.75, 3.05) is 25.1 Å². The molecule has 0 N–H and O–H groups in total. The van der Waals surface area contributed by atoms with Crippen LogP contribution in [0.5, 0.6) is 0 Å². The Morgan fingerprint density at radius 3 is 2.67 bits per heavy atom. The standard InChI is InChI=1S/C9H13F3N2S/c1-14(8-2-3-15-6-8)5-7(4-13)9(10,11)12/h7-8H,2-3,5-6H2,1H3. The molecule has 1 rings (SSSR count). The number of hydrogen-bond acceptors (Lipinski definition) is 3. The summed E-state index contributed by atoms with van der Waals surface area (Å²) in [7, 11) is 1.66. The molecule has 2 unspecified atom stereocenters. The first-order chi connectivity index (χ1) is 6.95. The molecule has 0 saturated carbocycles. The highest BCUT2D eigenvalue weighted by Crippen LogP contribution is 2.28. The first kappa shape index (κ1) is 12.7. The molecule has 0 aliphatic carbocycles. The van der Waals surface area contributed by atoms with Crippen molar-refractivity contribution in [3.63, 3.8) is 0 Å². The zero-order valence-corrected chi connectivity index (χ0v) is 9.24. The van der Waals surface area contributed by atoms with Crippen LogP contribution in [0.3, 0.4) is 0 Å². The Morgan fingerprint density at radius 1 is 1.60 bits per heavy atom. The second-order valence-electron chi connectivity index (χ2n) is 3.68. The summed E-state index contributed by atoms with van der Waals surface area (Å²) in [6, 6.07) is 1.51. The molecule has 0 bridgehead atoms. The SMILES string of the molecule is CN(CC(C#N)C(F)(F)F)C1CCSC1. The molecule has 0 amide bonds. The number of thioether (sulfide) groups is 1. The van der Waals surface area contributed by atoms with Gasteiger partial charge in [-0.2, -0.15) is 30.2 Å². The Morgan fingerprint density at radius 2 is 2.27 bits per heavy atom. The molecule has 1 fully saturated rings. The zero-order chi connectivity index (χ0) is 11.5. The fourth-order valence-electron chi connectivity index (χ4n) is 1.52. The van der Waals surface area contributed by atoms with Gasteiger partial charge in [0, 0.05) is 18.3 Å². The Hall–Kier alpha value is -0.410. The van der Waals surface area contributed by atoms with Gasteiger partial charge in [0.15, 0.2) is 5.92 Å². The first-order valence-electron chi connectivity index (χ1n) is 4.69. The van der Waals surface area contributed by atoms with Crippen LogP contribution in [0.1, 0.15) is 6.42 Å². The number of nitriles is 1. The summed E-state index contributed by atoms with van der Waals surface area (Å²) >= 11 is 1.75. The molecule has 15 heavy (non-hydrogen) atoms. The third-order valence-electron chi connectivity index (χ3n) is 2.55. The van der Waals surface area contributed by atoms with E-state index in [1.807, 2.05) is 0 Å². The molecule has 1 heterocycles. The fraction of sp³-hybridized carbons (Fsp3) is 0.889. The molecule has 6 heteroatoms. The zero-order valence-electron chi connectivity index (χ0n) is 8.42. The second-order valence-corrected chi connectivity index (χ2v) is 4.83. The summed E-state index contributed by atoms with van der Waals surface area (Å²) in [6.07, 6.45) is -3.49. The molecular weight excluding hydrogens is 225 g/mol. The average Bonchev–Trinajstić information content (AvgIpc) is 2.64. The molecule has 2 atom stereocenters. The van der Waals surface area contributed by atoms with Crippen molar-refractivity contribution in [1.29, 1.82) is 5.26 Å². The lowest BCUT2D eigenvalue weighted by molar-refractivity contribution is -0.163. The third-order valence-corrected chi connectivity index (χ3v) is 3.70. The van der Waals surface area contributed by atoms with Gasteiger partial charge >= 0.3 is 6.18 Å². The van der Waals surface area contributed by atoms with E-state index in [9.17, 15) is 13.2 Å². The van der Waals surface area contributed by atoms with Crippen LogP contribution in [-0.4, -0.2) is 42.2 Å². The van der Waals surface area contributed by atoms with Gasteiger partial charge in [0.05, 0.1) is 6.07 Å². The highest BCUT2D eigenvalue weighted by atomic mass is 32.2. The van der Waals surface area contributed by atoms with Crippen LogP contribution in [0.4, 0.5) is 13.2 Å². The topological polar surface area (TPSA) is 27.0 Å². The quantitative estimate of drug-likeness (QED) is 0.753. The molecular formula is C9H13F3N2S. The average molecular weight is 238 g/mol. The van der Waals surface area contributed by atoms with Crippen LogP contribution in [0, 0.1) is 17.2 Å². The monoisotopic (exact) mass is 238 g/mol. The van der Waals surface area contributed by atoms with Gasteiger partial charge in [-0.3, -0.25) is 0 Å². The van der Waals surface area contributed by atoms with E-state index in [1.165, 1.54) is 6.07 Å². The van der Waals surface area contributed by atoms with Crippen LogP contribution in [0.2, 0.25) is 0 Å². The van der Waals surface area contributed by atoms with Gasteiger partial charge in [0.2, 0.25) is 0 Å². The molecule has 1 aliphatic heterocycles. The van der Waals surface area contributed by atoms with Crippen LogP contribution < -0.4 is 0 Å². The lowest BCUT2D eigenvalue weighted by Gasteiger charge is -2.26. The second kappa shape index (κ2) is 5.08. The molecule has 0 aromatic carbocycles. The van der Waals surface area contributed by atoms with E-state index in [0.29, 0.717) is 0 Å². The number of rotatable bonds is 3. The number of hydrogen-bond donors (Lipinski definition) is 0. The number of halogens is 3. The van der Waals surface area contributed by atoms with Crippen molar-refractivity contribution in [1.82, 2.24) is 4.90 Å². The summed E-state index contributed by atoms with van der Waals surface area (Å²) in [5.74, 6) is -0.00168. The Balaban J connectivity index is 2.48. The summed E-state index contributed by atoms with van der Waals surface area (Å²) in [4.78, 5) is 1.65. The molecule has 1 saturated heterocycles. The molecule has 1 aliphatic rings. The van der Waals surface area contributed by atoms with Crippen LogP contribution >= 0.6 is 11.8 Å². The van der Waals surface area contributed by atoms with Crippen molar-refractivity contribution in [2.24, 2.45) is 5.92 Å². The van der Waals surface area contributed by atoms with Gasteiger partial charge in [0.1, 0.15) is 0 Å². The molecule has 0 spiro atoms. The van der Waals surface area contributed by atoms with Crippen molar-refractivity contribution < 1.29 is 13.2 Å². The van der Waals surface area contributed by atoms with Crippen LogP contribution in [0.25, 0.3) is 0 Å². The van der Waals surface area contributed by atoms with Gasteiger partial charge in [-0.1, -0.05) is 0 Å². The normalized spacial score (nSPS) is 24.1. The van der Waals surface area contributed by atoms with Crippen LogP contribution in [-0.2, 0) is 0 Å². The van der Waals surface area contributed by atoms with E-state index in [2.05, 4.69) is 0 Å². The van der Waals surface area contributed by atoms with E-state index >= 15 is 0 Å². The minimum absolute atomic E-state index is 0.188. The number of alkyl halides is 3. The largest absolute Gasteiger partial charge is 0.405 e. The van der Waals surface area contributed by atoms with E-state index in [-0.39, 0.29) is 12.6 Å². The van der Waals surface area contributed by atoms with Crippen molar-refractivity contribution in [3.8, 4) is 6.07 Å². The molecule has 0 aromatic heterocycles. The highest BCUT2D eigenvalue weighted by Gasteiger charge is 2.41. The highest BCUT2D eigenvalue weighted by molar-refractivity contribution is 7.99. The van der Waals surface area contributed by atoms with E-state index in [1.54, 1.807) is 23.7 Å². The Kier molecular flexibility index (Phi) is 4.29. The molecule has 0 radical (unpaired) electrons. The van der Waals surface area contributed by atoms with E-state index in [4.69, 9.17) is 5.26 Å². The van der Waals surface area contributed by atoms with Crippen molar-refractivity contribution >= 4 is 11.8 Å². The Bertz CT molecular complexity index is 243. The van der Waals surface area contributed by atoms with Gasteiger partial charge in [-0.25, -0.2) is 0 Å². The minimum atomic E-state index is -4.41. The molecule has 0 aromatic rings. The minimum Gasteiger partial charge on any atom is -0.301 e. The summed E-state index contributed by atoms with van der Waals surface area (Å²) in [6.45, 7) is -0.217. The maximum absolute atomic E-state index is 12.3. The smallest absolute Gasteiger partial charge is 0.301 e.